The second-order valence-corrected chi connectivity index (χ2v) is 5.88. The van der Waals surface area contributed by atoms with E-state index in [1.165, 1.54) is 38.5 Å². The van der Waals surface area contributed by atoms with Gasteiger partial charge in [-0.25, -0.2) is 4.98 Å². The predicted octanol–water partition coefficient (Wildman–Crippen LogP) is 3.98. The van der Waals surface area contributed by atoms with Gasteiger partial charge in [0, 0.05) is 24.2 Å². The van der Waals surface area contributed by atoms with E-state index in [0.29, 0.717) is 6.04 Å². The quantitative estimate of drug-likeness (QED) is 0.662. The molecule has 1 aromatic heterocycles. The van der Waals surface area contributed by atoms with Crippen molar-refractivity contribution in [1.82, 2.24) is 4.98 Å². The highest BCUT2D eigenvalue weighted by Gasteiger charge is 2.18. The molecule has 0 spiro atoms. The molecule has 1 aliphatic carbocycles. The van der Waals surface area contributed by atoms with E-state index in [1.54, 1.807) is 0 Å². The maximum Gasteiger partial charge on any atom is 0.129 e. The summed E-state index contributed by atoms with van der Waals surface area (Å²) in [6.07, 6.45) is 8.04. The Balaban J connectivity index is 1.86. The Bertz CT molecular complexity index is 586. The van der Waals surface area contributed by atoms with E-state index in [2.05, 4.69) is 24.1 Å². The maximum atomic E-state index is 5.82. The van der Waals surface area contributed by atoms with E-state index in [9.17, 15) is 0 Å². The van der Waals surface area contributed by atoms with Gasteiger partial charge in [-0.05, 0) is 43.2 Å². The topological polar surface area (TPSA) is 42.1 Å². The Morgan fingerprint density at radius 3 is 2.55 bits per heavy atom. The van der Waals surface area contributed by atoms with E-state index in [4.69, 9.17) is 10.7 Å². The zero-order valence-electron chi connectivity index (χ0n) is 12.2. The normalized spacial score (nSPS) is 17.1. The fourth-order valence-electron chi connectivity index (χ4n) is 3.16. The zero-order chi connectivity index (χ0) is 13.9. The van der Waals surface area contributed by atoms with E-state index < -0.39 is 0 Å². The lowest BCUT2D eigenvalue weighted by Crippen LogP contribution is -2.31. The van der Waals surface area contributed by atoms with Gasteiger partial charge in [0.2, 0.25) is 0 Å². The molecular weight excluding hydrogens is 246 g/mol. The first-order chi connectivity index (χ1) is 9.74. The summed E-state index contributed by atoms with van der Waals surface area (Å²) >= 11 is 0. The van der Waals surface area contributed by atoms with Crippen molar-refractivity contribution in [2.45, 2.75) is 44.6 Å². The van der Waals surface area contributed by atoms with Gasteiger partial charge in [0.25, 0.3) is 0 Å². The number of hydrogen-bond donors (Lipinski definition) is 1. The van der Waals surface area contributed by atoms with Crippen molar-refractivity contribution in [3.05, 3.63) is 30.3 Å². The van der Waals surface area contributed by atoms with Crippen molar-refractivity contribution < 1.29 is 0 Å². The van der Waals surface area contributed by atoms with Gasteiger partial charge in [0.05, 0.1) is 5.52 Å². The third kappa shape index (κ3) is 2.72. The van der Waals surface area contributed by atoms with Crippen LogP contribution in [0.4, 0.5) is 11.5 Å². The lowest BCUT2D eigenvalue weighted by molar-refractivity contribution is 0.550. The zero-order valence-corrected chi connectivity index (χ0v) is 12.2. The number of fused-ring (bicyclic) bond motifs is 1. The lowest BCUT2D eigenvalue weighted by atomic mass is 10.1. The van der Waals surface area contributed by atoms with Gasteiger partial charge in [-0.1, -0.05) is 25.7 Å². The van der Waals surface area contributed by atoms with E-state index in [0.717, 1.165) is 22.4 Å². The van der Waals surface area contributed by atoms with Crippen LogP contribution in [0.2, 0.25) is 0 Å². The molecule has 0 amide bonds. The van der Waals surface area contributed by atoms with Crippen LogP contribution in [-0.4, -0.2) is 18.1 Å². The maximum absolute atomic E-state index is 5.82. The Labute approximate surface area is 120 Å². The SMILES string of the molecule is CN(c1ccc2cc(N)ccc2n1)C1CCCCCC1. The van der Waals surface area contributed by atoms with Crippen molar-refractivity contribution in [1.29, 1.82) is 0 Å². The van der Waals surface area contributed by atoms with Crippen molar-refractivity contribution in [3.63, 3.8) is 0 Å². The second kappa shape index (κ2) is 5.70. The molecule has 2 aromatic rings. The van der Waals surface area contributed by atoms with E-state index in [1.807, 2.05) is 18.2 Å². The Morgan fingerprint density at radius 1 is 1.05 bits per heavy atom. The molecule has 0 atom stereocenters. The van der Waals surface area contributed by atoms with Gasteiger partial charge in [-0.15, -0.1) is 0 Å². The number of nitrogen functional groups attached to an aromatic ring is 1. The first kappa shape index (κ1) is 13.2. The van der Waals surface area contributed by atoms with Crippen LogP contribution in [0.1, 0.15) is 38.5 Å². The summed E-state index contributed by atoms with van der Waals surface area (Å²) in [5.41, 5.74) is 7.64. The van der Waals surface area contributed by atoms with Crippen LogP contribution in [0.25, 0.3) is 10.9 Å². The predicted molar refractivity (Wildman–Crippen MR) is 86.0 cm³/mol. The van der Waals surface area contributed by atoms with E-state index >= 15 is 0 Å². The molecule has 1 saturated carbocycles. The minimum absolute atomic E-state index is 0.635. The smallest absolute Gasteiger partial charge is 0.129 e. The van der Waals surface area contributed by atoms with Gasteiger partial charge in [0.1, 0.15) is 5.82 Å². The molecule has 1 fully saturated rings. The van der Waals surface area contributed by atoms with Crippen LogP contribution in [0.15, 0.2) is 30.3 Å². The fourth-order valence-corrected chi connectivity index (χ4v) is 3.16. The largest absolute Gasteiger partial charge is 0.399 e. The van der Waals surface area contributed by atoms with Crippen LogP contribution in [0, 0.1) is 0 Å². The minimum Gasteiger partial charge on any atom is -0.399 e. The molecule has 106 valence electrons. The van der Waals surface area contributed by atoms with Crippen LogP contribution in [0.3, 0.4) is 0 Å². The first-order valence-corrected chi connectivity index (χ1v) is 7.63. The first-order valence-electron chi connectivity index (χ1n) is 7.63. The number of aromatic nitrogens is 1. The molecule has 1 aromatic carbocycles. The number of hydrogen-bond acceptors (Lipinski definition) is 3. The van der Waals surface area contributed by atoms with Gasteiger partial charge in [-0.2, -0.15) is 0 Å². The number of pyridine rings is 1. The summed E-state index contributed by atoms with van der Waals surface area (Å²) in [5, 5.41) is 1.11. The molecular formula is C17H23N3. The molecule has 1 heterocycles. The van der Waals surface area contributed by atoms with Gasteiger partial charge in [-0.3, -0.25) is 0 Å². The van der Waals surface area contributed by atoms with Crippen LogP contribution < -0.4 is 10.6 Å². The molecule has 2 N–H and O–H groups in total. The summed E-state index contributed by atoms with van der Waals surface area (Å²) < 4.78 is 0. The average Bonchev–Trinajstić information content (AvgIpc) is 2.75. The summed E-state index contributed by atoms with van der Waals surface area (Å²) in [5.74, 6) is 1.08. The van der Waals surface area contributed by atoms with Crippen LogP contribution >= 0.6 is 0 Å². The highest BCUT2D eigenvalue weighted by molar-refractivity contribution is 5.83. The number of nitrogens with two attached hydrogens (primary N) is 1. The second-order valence-electron chi connectivity index (χ2n) is 5.88. The van der Waals surface area contributed by atoms with Crippen LogP contribution in [0.5, 0.6) is 0 Å². The van der Waals surface area contributed by atoms with Gasteiger partial charge >= 0.3 is 0 Å². The van der Waals surface area contributed by atoms with Crippen LogP contribution in [-0.2, 0) is 0 Å². The summed E-state index contributed by atoms with van der Waals surface area (Å²) in [6, 6.07) is 10.8. The Hall–Kier alpha value is -1.77. The molecule has 3 nitrogen and oxygen atoms in total. The fraction of sp³-hybridized carbons (Fsp3) is 0.471. The number of benzene rings is 1. The number of nitrogens with zero attached hydrogens (tertiary/aromatic N) is 2. The third-order valence-electron chi connectivity index (χ3n) is 4.43. The molecule has 0 saturated heterocycles. The van der Waals surface area contributed by atoms with Crippen molar-refractivity contribution in [2.24, 2.45) is 0 Å². The Morgan fingerprint density at radius 2 is 1.80 bits per heavy atom. The molecule has 1 aliphatic rings. The molecule has 0 bridgehead atoms. The average molecular weight is 269 g/mol. The lowest BCUT2D eigenvalue weighted by Gasteiger charge is -2.28. The summed E-state index contributed by atoms with van der Waals surface area (Å²) in [6.45, 7) is 0. The number of rotatable bonds is 2. The minimum atomic E-state index is 0.635. The Kier molecular flexibility index (Phi) is 3.77. The molecule has 20 heavy (non-hydrogen) atoms. The molecule has 0 radical (unpaired) electrons. The van der Waals surface area contributed by atoms with Crippen molar-refractivity contribution in [3.8, 4) is 0 Å². The molecule has 0 unspecified atom stereocenters. The summed E-state index contributed by atoms with van der Waals surface area (Å²) in [7, 11) is 2.18. The third-order valence-corrected chi connectivity index (χ3v) is 4.43. The van der Waals surface area contributed by atoms with Crippen molar-refractivity contribution in [2.75, 3.05) is 17.7 Å². The molecule has 3 heteroatoms. The highest BCUT2D eigenvalue weighted by Crippen LogP contribution is 2.26. The molecule has 3 rings (SSSR count). The van der Waals surface area contributed by atoms with Gasteiger partial charge < -0.3 is 10.6 Å². The number of anilines is 2. The standard InChI is InChI=1S/C17H23N3/c1-20(15-6-4-2-3-5-7-15)17-11-8-13-12-14(18)9-10-16(13)19-17/h8-12,15H,2-7,18H2,1H3. The molecule has 0 aliphatic heterocycles. The monoisotopic (exact) mass is 269 g/mol. The van der Waals surface area contributed by atoms with E-state index in [-0.39, 0.29) is 0 Å². The van der Waals surface area contributed by atoms with Crippen molar-refractivity contribution >= 4 is 22.4 Å². The highest BCUT2D eigenvalue weighted by atomic mass is 15.2. The summed E-state index contributed by atoms with van der Waals surface area (Å²) in [4.78, 5) is 7.15. The van der Waals surface area contributed by atoms with Gasteiger partial charge in [0.15, 0.2) is 0 Å².